The van der Waals surface area contributed by atoms with Gasteiger partial charge < -0.3 is 18.9 Å². The molecule has 1 atom stereocenters. The number of likely N-dealkylation sites (N-methyl/N-ethyl adjacent to an activating group) is 1. The van der Waals surface area contributed by atoms with Gasteiger partial charge in [-0.05, 0) is 6.42 Å². The maximum absolute atomic E-state index is 12.3. The van der Waals surface area contributed by atoms with Crippen molar-refractivity contribution in [2.75, 3.05) is 20.3 Å². The number of hydrogen-bond acceptors (Lipinski definition) is 6. The van der Waals surface area contributed by atoms with Crippen molar-refractivity contribution in [2.24, 2.45) is 0 Å². The minimum absolute atomic E-state index is 0.0800. The van der Waals surface area contributed by atoms with E-state index in [0.29, 0.717) is 29.7 Å². The first-order chi connectivity index (χ1) is 11.1. The van der Waals surface area contributed by atoms with Crippen molar-refractivity contribution in [1.29, 1.82) is 0 Å². The Hall–Kier alpha value is -2.12. The summed E-state index contributed by atoms with van der Waals surface area (Å²) < 4.78 is 15.9. The molecule has 122 valence electrons. The Bertz CT molecular complexity index is 685. The summed E-state index contributed by atoms with van der Waals surface area (Å²) in [5.74, 6) is 0.770. The van der Waals surface area contributed by atoms with Crippen LogP contribution >= 0.6 is 11.6 Å². The Kier molecular flexibility index (Phi) is 4.78. The van der Waals surface area contributed by atoms with Gasteiger partial charge in [0.2, 0.25) is 0 Å². The zero-order chi connectivity index (χ0) is 16.2. The van der Waals surface area contributed by atoms with Gasteiger partial charge in [0, 0.05) is 32.0 Å². The molecule has 0 aromatic carbocycles. The van der Waals surface area contributed by atoms with Crippen LogP contribution in [0.25, 0.3) is 0 Å². The summed E-state index contributed by atoms with van der Waals surface area (Å²) in [5.41, 5.74) is 0.252. The Balaban J connectivity index is 1.60. The zero-order valence-corrected chi connectivity index (χ0v) is 13.3. The van der Waals surface area contributed by atoms with Gasteiger partial charge in [0.05, 0.1) is 23.9 Å². The van der Waals surface area contributed by atoms with Crippen LogP contribution in [0.2, 0.25) is 5.02 Å². The van der Waals surface area contributed by atoms with Crippen LogP contribution < -0.4 is 4.74 Å². The average molecular weight is 338 g/mol. The fourth-order valence-corrected chi connectivity index (χ4v) is 2.45. The van der Waals surface area contributed by atoms with Crippen molar-refractivity contribution in [2.45, 2.75) is 19.1 Å². The van der Waals surface area contributed by atoms with Crippen LogP contribution in [0.3, 0.4) is 0 Å². The normalized spacial score (nSPS) is 17.2. The van der Waals surface area contributed by atoms with Gasteiger partial charge in [0.25, 0.3) is 5.91 Å². The molecule has 7 nitrogen and oxygen atoms in total. The number of nitrogens with zero attached hydrogens (tertiary/aromatic N) is 3. The molecular weight excluding hydrogens is 322 g/mol. The van der Waals surface area contributed by atoms with Crippen molar-refractivity contribution in [1.82, 2.24) is 15.0 Å². The number of pyridine rings is 1. The number of carbonyl (C=O) groups excluding carboxylic acids is 1. The molecule has 0 radical (unpaired) electrons. The Morgan fingerprint density at radius 2 is 2.35 bits per heavy atom. The van der Waals surface area contributed by atoms with Crippen LogP contribution in [0.4, 0.5) is 0 Å². The summed E-state index contributed by atoms with van der Waals surface area (Å²) >= 11 is 5.83. The maximum Gasteiger partial charge on any atom is 0.276 e. The van der Waals surface area contributed by atoms with Gasteiger partial charge in [-0.1, -0.05) is 16.8 Å². The van der Waals surface area contributed by atoms with E-state index < -0.39 is 0 Å². The van der Waals surface area contributed by atoms with Crippen molar-refractivity contribution >= 4 is 17.5 Å². The molecule has 0 aliphatic carbocycles. The second-order valence-electron chi connectivity index (χ2n) is 5.24. The summed E-state index contributed by atoms with van der Waals surface area (Å²) in [6.07, 6.45) is 3.89. The first-order valence-electron chi connectivity index (χ1n) is 7.17. The lowest BCUT2D eigenvalue weighted by molar-refractivity contribution is 0.0700. The largest absolute Gasteiger partial charge is 0.484 e. The van der Waals surface area contributed by atoms with E-state index in [0.717, 1.165) is 6.42 Å². The van der Waals surface area contributed by atoms with Crippen LogP contribution in [0.15, 0.2) is 29.0 Å². The van der Waals surface area contributed by atoms with Gasteiger partial charge in [-0.25, -0.2) is 0 Å². The highest BCUT2D eigenvalue weighted by Crippen LogP contribution is 2.18. The molecule has 2 aromatic rings. The van der Waals surface area contributed by atoms with E-state index in [2.05, 4.69) is 10.1 Å². The molecular formula is C15H16ClN3O4. The van der Waals surface area contributed by atoms with Crippen molar-refractivity contribution in [3.63, 3.8) is 0 Å². The van der Waals surface area contributed by atoms with Gasteiger partial charge in [-0.3, -0.25) is 9.78 Å². The zero-order valence-electron chi connectivity index (χ0n) is 12.6. The number of halogens is 1. The van der Waals surface area contributed by atoms with Crippen molar-refractivity contribution in [3.05, 3.63) is 41.0 Å². The molecule has 0 saturated carbocycles. The topological polar surface area (TPSA) is 77.7 Å². The lowest BCUT2D eigenvalue weighted by Crippen LogP contribution is -2.37. The predicted molar refractivity (Wildman–Crippen MR) is 81.4 cm³/mol. The van der Waals surface area contributed by atoms with E-state index in [1.54, 1.807) is 30.3 Å². The summed E-state index contributed by atoms with van der Waals surface area (Å²) in [6, 6.07) is 3.30. The molecule has 1 aliphatic rings. The summed E-state index contributed by atoms with van der Waals surface area (Å²) in [6.45, 7) is 1.37. The fourth-order valence-electron chi connectivity index (χ4n) is 2.28. The monoisotopic (exact) mass is 337 g/mol. The number of rotatable bonds is 5. The number of ether oxygens (including phenoxy) is 2. The molecule has 3 heterocycles. The molecule has 23 heavy (non-hydrogen) atoms. The predicted octanol–water partition coefficient (Wildman–Crippen LogP) is 2.16. The fraction of sp³-hybridized carbons (Fsp3) is 0.400. The summed E-state index contributed by atoms with van der Waals surface area (Å²) in [7, 11) is 1.74. The van der Waals surface area contributed by atoms with Crippen LogP contribution in [0.1, 0.15) is 22.7 Å². The van der Waals surface area contributed by atoms with Gasteiger partial charge in [0.1, 0.15) is 12.4 Å². The molecule has 0 N–H and O–H groups in total. The quantitative estimate of drug-likeness (QED) is 0.832. The third-order valence-corrected chi connectivity index (χ3v) is 3.82. The number of hydrogen-bond donors (Lipinski definition) is 0. The van der Waals surface area contributed by atoms with Gasteiger partial charge in [-0.2, -0.15) is 0 Å². The van der Waals surface area contributed by atoms with E-state index in [1.807, 2.05) is 0 Å². The second-order valence-corrected chi connectivity index (χ2v) is 5.68. The average Bonchev–Trinajstić information content (AvgIpc) is 3.23. The first kappa shape index (κ1) is 15.8. The number of amides is 1. The standard InChI is InChI=1S/C15H16ClN3O4/c1-19(11-2-3-21-8-11)15(20)14-5-13(23-18-14)9-22-12-4-10(16)6-17-7-12/h4-7,11H,2-3,8-9H2,1H3/t11-/m1/s1. The first-order valence-corrected chi connectivity index (χ1v) is 7.55. The van der Waals surface area contributed by atoms with Gasteiger partial charge in [0.15, 0.2) is 11.5 Å². The van der Waals surface area contributed by atoms with Crippen LogP contribution in [0.5, 0.6) is 5.75 Å². The summed E-state index contributed by atoms with van der Waals surface area (Å²) in [4.78, 5) is 17.9. The van der Waals surface area contributed by atoms with Crippen LogP contribution in [-0.2, 0) is 11.3 Å². The lowest BCUT2D eigenvalue weighted by atomic mass is 10.2. The van der Waals surface area contributed by atoms with E-state index in [4.69, 9.17) is 25.6 Å². The van der Waals surface area contributed by atoms with E-state index in [1.165, 1.54) is 6.20 Å². The van der Waals surface area contributed by atoms with Gasteiger partial charge >= 0.3 is 0 Å². The van der Waals surface area contributed by atoms with Gasteiger partial charge in [-0.15, -0.1) is 0 Å². The van der Waals surface area contributed by atoms with Crippen molar-refractivity contribution < 1.29 is 18.8 Å². The highest BCUT2D eigenvalue weighted by atomic mass is 35.5. The Morgan fingerprint density at radius 1 is 1.48 bits per heavy atom. The molecule has 3 rings (SSSR count). The van der Waals surface area contributed by atoms with Crippen LogP contribution in [0, 0.1) is 0 Å². The third kappa shape index (κ3) is 3.80. The highest BCUT2D eigenvalue weighted by Gasteiger charge is 2.26. The molecule has 1 fully saturated rings. The lowest BCUT2D eigenvalue weighted by Gasteiger charge is -2.21. The smallest absolute Gasteiger partial charge is 0.276 e. The Labute approximate surface area is 138 Å². The minimum atomic E-state index is -0.195. The minimum Gasteiger partial charge on any atom is -0.484 e. The SMILES string of the molecule is CN(C(=O)c1cc(COc2cncc(Cl)c2)on1)[C@@H]1CCOC1. The maximum atomic E-state index is 12.3. The molecule has 1 saturated heterocycles. The molecule has 0 bridgehead atoms. The van der Waals surface area contributed by atoms with Crippen molar-refractivity contribution in [3.8, 4) is 5.75 Å². The number of aromatic nitrogens is 2. The van der Waals surface area contributed by atoms with E-state index in [9.17, 15) is 4.79 Å². The molecule has 1 aliphatic heterocycles. The highest BCUT2D eigenvalue weighted by molar-refractivity contribution is 6.30. The van der Waals surface area contributed by atoms with Crippen LogP contribution in [-0.4, -0.2) is 47.3 Å². The van der Waals surface area contributed by atoms with E-state index in [-0.39, 0.29) is 24.2 Å². The molecule has 0 spiro atoms. The molecule has 2 aromatic heterocycles. The Morgan fingerprint density at radius 3 is 3.09 bits per heavy atom. The van der Waals surface area contributed by atoms with E-state index >= 15 is 0 Å². The summed E-state index contributed by atoms with van der Waals surface area (Å²) in [5, 5.41) is 4.29. The second kappa shape index (κ2) is 6.97. The molecule has 1 amide bonds. The molecule has 0 unspecified atom stereocenters. The molecule has 8 heteroatoms. The third-order valence-electron chi connectivity index (χ3n) is 3.61. The number of carbonyl (C=O) groups is 1.